The van der Waals surface area contributed by atoms with Crippen molar-refractivity contribution >= 4 is 46.5 Å². The Balaban J connectivity index is 0.000000379. The molecule has 12 heteroatoms. The molecule has 0 spiro atoms. The van der Waals surface area contributed by atoms with Gasteiger partial charge >= 0.3 is 12.2 Å². The fraction of sp³-hybridized carbons (Fsp3) is 0.579. The van der Waals surface area contributed by atoms with Crippen molar-refractivity contribution < 1.29 is 42.2 Å². The third kappa shape index (κ3) is 19.3. The molecule has 9 nitrogen and oxygen atoms in total. The number of nitrogens with one attached hydrogen (secondary N) is 1. The van der Waals surface area contributed by atoms with Crippen LogP contribution in [-0.2, 0) is 19.0 Å². The smallest absolute Gasteiger partial charge is 0.417 e. The Morgan fingerprint density at radius 3 is 1.70 bits per heavy atom. The Morgan fingerprint density at radius 1 is 0.840 bits per heavy atom. The van der Waals surface area contributed by atoms with Crippen LogP contribution in [0.25, 0.3) is 0 Å². The topological polar surface area (TPSA) is 111 Å². The van der Waals surface area contributed by atoms with E-state index in [9.17, 15) is 28.0 Å². The molecule has 0 saturated carbocycles. The Hall–Kier alpha value is -3.13. The van der Waals surface area contributed by atoms with Crippen LogP contribution in [0.15, 0.2) is 48.5 Å². The molecule has 2 heterocycles. The number of ketones is 1. The van der Waals surface area contributed by atoms with E-state index >= 15 is 0 Å². The summed E-state index contributed by atoms with van der Waals surface area (Å²) in [6.45, 7) is 20.1. The first-order chi connectivity index (χ1) is 22.9. The van der Waals surface area contributed by atoms with E-state index in [2.05, 4.69) is 27.9 Å². The highest BCUT2D eigenvalue weighted by molar-refractivity contribution is 14.1. The van der Waals surface area contributed by atoms with Crippen molar-refractivity contribution in [2.24, 2.45) is 0 Å². The number of rotatable bonds is 5. The molecule has 2 aliphatic rings. The zero-order chi connectivity index (χ0) is 38.3. The third-order valence-electron chi connectivity index (χ3n) is 6.99. The van der Waals surface area contributed by atoms with Crippen LogP contribution in [0.3, 0.4) is 0 Å². The number of likely N-dealkylation sites (tertiary alicyclic amines) is 1. The molecule has 0 unspecified atom stereocenters. The van der Waals surface area contributed by atoms with E-state index in [1.807, 2.05) is 27.7 Å². The largest absolute Gasteiger partial charge is 0.444 e. The highest BCUT2D eigenvalue weighted by Crippen LogP contribution is 2.30. The van der Waals surface area contributed by atoms with Crippen molar-refractivity contribution in [2.45, 2.75) is 130 Å². The lowest BCUT2D eigenvalue weighted by Crippen LogP contribution is -2.47. The number of carbonyl (C=O) groups is 4. The lowest BCUT2D eigenvalue weighted by molar-refractivity contribution is -0.129. The summed E-state index contributed by atoms with van der Waals surface area (Å²) in [5.74, 6) is -0.776. The Morgan fingerprint density at radius 2 is 1.32 bits per heavy atom. The van der Waals surface area contributed by atoms with Gasteiger partial charge in [-0.25, -0.2) is 23.3 Å². The molecule has 0 radical (unpaired) electrons. The quantitative estimate of drug-likeness (QED) is 0.236. The minimum atomic E-state index is -0.571. The summed E-state index contributed by atoms with van der Waals surface area (Å²) >= 11 is 2.13. The molecule has 1 N–H and O–H groups in total. The van der Waals surface area contributed by atoms with E-state index in [1.165, 1.54) is 54.1 Å². The highest BCUT2D eigenvalue weighted by Gasteiger charge is 2.43. The molecule has 2 aliphatic heterocycles. The minimum Gasteiger partial charge on any atom is -0.444 e. The molecule has 2 saturated heterocycles. The number of halogens is 3. The van der Waals surface area contributed by atoms with Crippen molar-refractivity contribution in [1.82, 2.24) is 10.2 Å². The monoisotopic (exact) mass is 816 g/mol. The third-order valence-corrected chi connectivity index (χ3v) is 7.71. The number of amides is 3. The van der Waals surface area contributed by atoms with Crippen LogP contribution < -0.4 is 5.32 Å². The molecule has 280 valence electrons. The van der Waals surface area contributed by atoms with E-state index in [4.69, 9.17) is 14.2 Å². The second-order valence-electron chi connectivity index (χ2n) is 15.2. The summed E-state index contributed by atoms with van der Waals surface area (Å²) in [4.78, 5) is 48.4. The van der Waals surface area contributed by atoms with Gasteiger partial charge in [0.2, 0.25) is 5.91 Å². The predicted octanol–water partition coefficient (Wildman–Crippen LogP) is 9.64. The lowest BCUT2D eigenvalue weighted by Gasteiger charge is -2.31. The Bertz CT molecular complexity index is 1350. The van der Waals surface area contributed by atoms with Gasteiger partial charge in [-0.3, -0.25) is 9.59 Å². The summed E-state index contributed by atoms with van der Waals surface area (Å²) in [6.07, 6.45) is 3.36. The summed E-state index contributed by atoms with van der Waals surface area (Å²) in [7, 11) is 0. The van der Waals surface area contributed by atoms with Crippen molar-refractivity contribution in [2.75, 3.05) is 13.2 Å². The molecule has 0 aromatic heterocycles. The minimum absolute atomic E-state index is 0.0842. The second kappa shape index (κ2) is 20.0. The van der Waals surface area contributed by atoms with Gasteiger partial charge in [0.15, 0.2) is 5.78 Å². The van der Waals surface area contributed by atoms with Gasteiger partial charge in [0.1, 0.15) is 22.8 Å². The van der Waals surface area contributed by atoms with Crippen molar-refractivity contribution in [3.05, 3.63) is 69.3 Å². The number of nitrogens with zero attached hydrogens (tertiary/aromatic N) is 1. The lowest BCUT2D eigenvalue weighted by atomic mass is 9.95. The molecule has 4 rings (SSSR count). The van der Waals surface area contributed by atoms with E-state index in [-0.39, 0.29) is 29.7 Å². The van der Waals surface area contributed by atoms with Gasteiger partial charge in [0, 0.05) is 46.3 Å². The molecule has 50 heavy (non-hydrogen) atoms. The van der Waals surface area contributed by atoms with Gasteiger partial charge in [-0.05, 0) is 166 Å². The number of hydrogen-bond donors (Lipinski definition) is 1. The fourth-order valence-electron chi connectivity index (χ4n) is 4.42. The number of carbonyl (C=O) groups excluding carboxylic acids is 4. The van der Waals surface area contributed by atoms with Gasteiger partial charge < -0.3 is 19.5 Å². The van der Waals surface area contributed by atoms with Gasteiger partial charge in [-0.2, -0.15) is 0 Å². The second-order valence-corrected chi connectivity index (χ2v) is 16.5. The maximum Gasteiger partial charge on any atom is 0.417 e. The number of Topliss-reactive ketones (excluding diaryl/α,β-unsaturated/α-hetero) is 1. The summed E-state index contributed by atoms with van der Waals surface area (Å²) in [6, 6.07) is 11.8. The zero-order valence-corrected chi connectivity index (χ0v) is 33.4. The molecule has 0 bridgehead atoms. The first kappa shape index (κ1) is 44.9. The molecular weight excluding hydrogens is 761 g/mol. The summed E-state index contributed by atoms with van der Waals surface area (Å²) < 4.78 is 41.3. The van der Waals surface area contributed by atoms with Crippen molar-refractivity contribution in [1.29, 1.82) is 0 Å². The van der Waals surface area contributed by atoms with E-state index < -0.39 is 34.5 Å². The van der Waals surface area contributed by atoms with Crippen LogP contribution in [0.1, 0.15) is 118 Å². The average molecular weight is 817 g/mol. The molecule has 2 fully saturated rings. The van der Waals surface area contributed by atoms with E-state index in [0.717, 1.165) is 16.8 Å². The maximum atomic E-state index is 12.8. The maximum absolute atomic E-state index is 12.8. The van der Waals surface area contributed by atoms with E-state index in [1.54, 1.807) is 53.7 Å². The zero-order valence-electron chi connectivity index (χ0n) is 31.2. The number of imide groups is 1. The summed E-state index contributed by atoms with van der Waals surface area (Å²) in [5, 5.41) is 2.76. The van der Waals surface area contributed by atoms with E-state index in [0.29, 0.717) is 24.8 Å². The average Bonchev–Trinajstić information content (AvgIpc) is 3.64. The number of benzene rings is 2. The molecule has 0 atom stereocenters. The van der Waals surface area contributed by atoms with Crippen LogP contribution in [0.2, 0.25) is 0 Å². The van der Waals surface area contributed by atoms with Crippen LogP contribution in [0.4, 0.5) is 18.4 Å². The van der Waals surface area contributed by atoms with Gasteiger partial charge in [0.25, 0.3) is 0 Å². The fourth-order valence-corrected chi connectivity index (χ4v) is 4.78. The van der Waals surface area contributed by atoms with Crippen molar-refractivity contribution in [3.63, 3.8) is 0 Å². The molecule has 2 aromatic carbocycles. The van der Waals surface area contributed by atoms with Crippen molar-refractivity contribution in [3.8, 4) is 0 Å². The highest BCUT2D eigenvalue weighted by atomic mass is 127. The Labute approximate surface area is 310 Å². The van der Waals surface area contributed by atoms with Gasteiger partial charge in [0.05, 0.1) is 0 Å². The molecular formula is C38H55F2IN2O7. The van der Waals surface area contributed by atoms with Crippen LogP contribution in [-0.4, -0.2) is 64.3 Å². The normalized spacial score (nSPS) is 15.3. The van der Waals surface area contributed by atoms with Crippen LogP contribution in [0, 0.1) is 15.2 Å². The molecule has 0 aliphatic carbocycles. The first-order valence-electron chi connectivity index (χ1n) is 16.8. The van der Waals surface area contributed by atoms with Gasteiger partial charge in [-0.15, -0.1) is 0 Å². The van der Waals surface area contributed by atoms with Gasteiger partial charge in [-0.1, -0.05) is 0 Å². The predicted molar refractivity (Wildman–Crippen MR) is 199 cm³/mol. The summed E-state index contributed by atoms with van der Waals surface area (Å²) in [5.41, 5.74) is -1.65. The number of hydrogen-bond acceptors (Lipinski definition) is 7. The number of ether oxygens (including phenoxy) is 3. The van der Waals surface area contributed by atoms with Crippen LogP contribution in [0.5, 0.6) is 0 Å². The van der Waals surface area contributed by atoms with Crippen LogP contribution >= 0.6 is 22.6 Å². The molecule has 2 aromatic rings. The molecule has 3 amide bonds. The Kier molecular flexibility index (Phi) is 18.0. The first-order valence-corrected chi connectivity index (χ1v) is 17.8. The number of alkyl carbamates (subject to hydrolysis) is 1. The SMILES string of the molecule is C1CCOC1.CC(C)(C)OC(=O)N1C(=O)CCC1(C)C.CC(C)(CCC(=O)c1ccc(F)cc1)NC(=O)OC(C)(C)C.Fc1ccc(I)cc1. The standard InChI is InChI=1S/C17H24FNO3.C11H19NO3.C6H4FI.C4H8O/c1-16(2,3)22-15(21)19-17(4,5)11-10-14(20)12-6-8-13(18)9-7-12;1-10(2,3)15-9(14)12-8(13)6-7-11(12,4)5;7-5-1-3-6(8)4-2-5;1-2-4-5-3-1/h6-9H,10-11H2,1-5H3,(H,19,21);6-7H2,1-5H3;1-4H;1-4H2.